The molecular formula is C18H29NO. The van der Waals surface area contributed by atoms with Gasteiger partial charge in [0.05, 0.1) is 7.11 Å². The lowest BCUT2D eigenvalue weighted by Gasteiger charge is -2.40. The second-order valence-corrected chi connectivity index (χ2v) is 6.67. The van der Waals surface area contributed by atoms with Crippen LogP contribution in [0.2, 0.25) is 0 Å². The third-order valence-corrected chi connectivity index (χ3v) is 5.04. The molecule has 0 spiro atoms. The van der Waals surface area contributed by atoms with E-state index in [-0.39, 0.29) is 5.54 Å². The van der Waals surface area contributed by atoms with Crippen LogP contribution in [0.25, 0.3) is 0 Å². The standard InChI is InChI=1S/C18H29NO/c1-4-14-6-5-7-16(12-14)18(2,19)13-15-8-10-17(20-3)11-9-15/h8-11,14,16H,4-7,12-13,19H2,1-3H3. The highest BCUT2D eigenvalue weighted by Crippen LogP contribution is 2.37. The molecule has 1 aliphatic rings. The van der Waals surface area contributed by atoms with Gasteiger partial charge in [0, 0.05) is 5.54 Å². The highest BCUT2D eigenvalue weighted by Gasteiger charge is 2.33. The molecular weight excluding hydrogens is 246 g/mol. The van der Waals surface area contributed by atoms with Crippen LogP contribution in [-0.4, -0.2) is 12.6 Å². The Labute approximate surface area is 123 Å². The van der Waals surface area contributed by atoms with E-state index < -0.39 is 0 Å². The summed E-state index contributed by atoms with van der Waals surface area (Å²) >= 11 is 0. The van der Waals surface area contributed by atoms with Gasteiger partial charge in [-0.1, -0.05) is 38.3 Å². The summed E-state index contributed by atoms with van der Waals surface area (Å²) in [6.45, 7) is 4.55. The zero-order valence-corrected chi connectivity index (χ0v) is 13.2. The molecule has 0 amide bonds. The van der Waals surface area contributed by atoms with E-state index in [9.17, 15) is 0 Å². The quantitative estimate of drug-likeness (QED) is 0.875. The molecule has 1 aromatic carbocycles. The molecule has 2 nitrogen and oxygen atoms in total. The molecule has 1 aromatic rings. The first kappa shape index (κ1) is 15.4. The highest BCUT2D eigenvalue weighted by atomic mass is 16.5. The van der Waals surface area contributed by atoms with E-state index in [1.165, 1.54) is 37.7 Å². The number of hydrogen-bond acceptors (Lipinski definition) is 2. The lowest BCUT2D eigenvalue weighted by atomic mass is 9.69. The largest absolute Gasteiger partial charge is 0.497 e. The lowest BCUT2D eigenvalue weighted by Crippen LogP contribution is -2.48. The maximum atomic E-state index is 6.68. The smallest absolute Gasteiger partial charge is 0.118 e. The van der Waals surface area contributed by atoms with Crippen molar-refractivity contribution in [3.63, 3.8) is 0 Å². The molecule has 1 fully saturated rings. The average molecular weight is 275 g/mol. The predicted octanol–water partition coefficient (Wildman–Crippen LogP) is 4.17. The Bertz CT molecular complexity index is 410. The minimum absolute atomic E-state index is 0.0948. The fourth-order valence-electron chi connectivity index (χ4n) is 3.59. The van der Waals surface area contributed by atoms with E-state index in [2.05, 4.69) is 26.0 Å². The summed E-state index contributed by atoms with van der Waals surface area (Å²) < 4.78 is 5.21. The van der Waals surface area contributed by atoms with Crippen molar-refractivity contribution in [2.45, 2.75) is 57.9 Å². The zero-order chi connectivity index (χ0) is 14.6. The van der Waals surface area contributed by atoms with Crippen LogP contribution in [0.1, 0.15) is 51.5 Å². The van der Waals surface area contributed by atoms with Gasteiger partial charge in [0.2, 0.25) is 0 Å². The minimum atomic E-state index is -0.0948. The van der Waals surface area contributed by atoms with Crippen LogP contribution in [-0.2, 0) is 6.42 Å². The normalized spacial score (nSPS) is 26.0. The molecule has 0 aromatic heterocycles. The Morgan fingerprint density at radius 2 is 1.95 bits per heavy atom. The Balaban J connectivity index is 2.01. The van der Waals surface area contributed by atoms with Gasteiger partial charge in [0.25, 0.3) is 0 Å². The van der Waals surface area contributed by atoms with Crippen LogP contribution in [0.15, 0.2) is 24.3 Å². The molecule has 20 heavy (non-hydrogen) atoms. The van der Waals surface area contributed by atoms with Crippen molar-refractivity contribution in [3.8, 4) is 5.75 Å². The van der Waals surface area contributed by atoms with Gasteiger partial charge in [-0.25, -0.2) is 0 Å². The second-order valence-electron chi connectivity index (χ2n) is 6.67. The molecule has 3 unspecified atom stereocenters. The summed E-state index contributed by atoms with van der Waals surface area (Å²) in [4.78, 5) is 0. The van der Waals surface area contributed by atoms with Crippen LogP contribution in [0.5, 0.6) is 5.75 Å². The molecule has 1 saturated carbocycles. The summed E-state index contributed by atoms with van der Waals surface area (Å²) in [5, 5.41) is 0. The fourth-order valence-corrected chi connectivity index (χ4v) is 3.59. The molecule has 112 valence electrons. The van der Waals surface area contributed by atoms with Crippen LogP contribution in [0.4, 0.5) is 0 Å². The highest BCUT2D eigenvalue weighted by molar-refractivity contribution is 5.28. The molecule has 2 heteroatoms. The van der Waals surface area contributed by atoms with Crippen molar-refractivity contribution in [2.24, 2.45) is 17.6 Å². The minimum Gasteiger partial charge on any atom is -0.497 e. The molecule has 0 heterocycles. The predicted molar refractivity (Wildman–Crippen MR) is 85.0 cm³/mol. The molecule has 0 saturated heterocycles. The van der Waals surface area contributed by atoms with Gasteiger partial charge in [0.1, 0.15) is 5.75 Å². The second kappa shape index (κ2) is 6.62. The number of ether oxygens (including phenoxy) is 1. The summed E-state index contributed by atoms with van der Waals surface area (Å²) in [6, 6.07) is 8.34. The molecule has 2 rings (SSSR count). The van der Waals surface area contributed by atoms with Gasteiger partial charge in [0.15, 0.2) is 0 Å². The van der Waals surface area contributed by atoms with Gasteiger partial charge in [-0.2, -0.15) is 0 Å². The van der Waals surface area contributed by atoms with Crippen molar-refractivity contribution < 1.29 is 4.74 Å². The summed E-state index contributed by atoms with van der Waals surface area (Å²) in [5.74, 6) is 2.45. The maximum Gasteiger partial charge on any atom is 0.118 e. The van der Waals surface area contributed by atoms with Crippen molar-refractivity contribution in [1.82, 2.24) is 0 Å². The fraction of sp³-hybridized carbons (Fsp3) is 0.667. The third-order valence-electron chi connectivity index (χ3n) is 5.04. The van der Waals surface area contributed by atoms with Crippen LogP contribution in [0, 0.1) is 11.8 Å². The van der Waals surface area contributed by atoms with Crippen molar-refractivity contribution in [2.75, 3.05) is 7.11 Å². The topological polar surface area (TPSA) is 35.2 Å². The van der Waals surface area contributed by atoms with Crippen LogP contribution in [0.3, 0.4) is 0 Å². The lowest BCUT2D eigenvalue weighted by molar-refractivity contribution is 0.172. The van der Waals surface area contributed by atoms with Gasteiger partial charge >= 0.3 is 0 Å². The molecule has 0 aliphatic heterocycles. The Hall–Kier alpha value is -1.02. The Morgan fingerprint density at radius 3 is 2.55 bits per heavy atom. The number of methoxy groups -OCH3 is 1. The number of rotatable bonds is 5. The van der Waals surface area contributed by atoms with Crippen LogP contribution >= 0.6 is 0 Å². The van der Waals surface area contributed by atoms with E-state index in [1.54, 1.807) is 7.11 Å². The van der Waals surface area contributed by atoms with Gasteiger partial charge in [-0.3, -0.25) is 0 Å². The number of hydrogen-bond donors (Lipinski definition) is 1. The van der Waals surface area contributed by atoms with Gasteiger partial charge < -0.3 is 10.5 Å². The van der Waals surface area contributed by atoms with E-state index >= 15 is 0 Å². The van der Waals surface area contributed by atoms with Gasteiger partial charge in [-0.05, 0) is 55.7 Å². The average Bonchev–Trinajstić information content (AvgIpc) is 2.48. The van der Waals surface area contributed by atoms with E-state index in [0.717, 1.165) is 18.1 Å². The van der Waals surface area contributed by atoms with Crippen molar-refractivity contribution in [3.05, 3.63) is 29.8 Å². The van der Waals surface area contributed by atoms with E-state index in [4.69, 9.17) is 10.5 Å². The Kier molecular flexibility index (Phi) is 5.09. The van der Waals surface area contributed by atoms with Crippen molar-refractivity contribution >= 4 is 0 Å². The third kappa shape index (κ3) is 3.76. The Morgan fingerprint density at radius 1 is 1.25 bits per heavy atom. The molecule has 1 aliphatic carbocycles. The first-order chi connectivity index (χ1) is 9.55. The summed E-state index contributed by atoms with van der Waals surface area (Å²) in [5.41, 5.74) is 7.90. The first-order valence-corrected chi connectivity index (χ1v) is 7.97. The molecule has 0 bridgehead atoms. The molecule has 0 radical (unpaired) electrons. The van der Waals surface area contributed by atoms with E-state index in [1.807, 2.05) is 12.1 Å². The zero-order valence-electron chi connectivity index (χ0n) is 13.2. The van der Waals surface area contributed by atoms with Gasteiger partial charge in [-0.15, -0.1) is 0 Å². The maximum absolute atomic E-state index is 6.68. The number of benzene rings is 1. The van der Waals surface area contributed by atoms with Crippen LogP contribution < -0.4 is 10.5 Å². The first-order valence-electron chi connectivity index (χ1n) is 7.97. The SMILES string of the molecule is CCC1CCCC(C(C)(N)Cc2ccc(OC)cc2)C1. The van der Waals surface area contributed by atoms with E-state index in [0.29, 0.717) is 5.92 Å². The van der Waals surface area contributed by atoms with Crippen molar-refractivity contribution in [1.29, 1.82) is 0 Å². The summed E-state index contributed by atoms with van der Waals surface area (Å²) in [6.07, 6.45) is 7.59. The number of nitrogens with two attached hydrogens (primary N) is 1. The molecule has 3 atom stereocenters. The summed E-state index contributed by atoms with van der Waals surface area (Å²) in [7, 11) is 1.70. The monoisotopic (exact) mass is 275 g/mol. The molecule has 2 N–H and O–H groups in total.